The van der Waals surface area contributed by atoms with Crippen LogP contribution in [0.15, 0.2) is 53.9 Å². The summed E-state index contributed by atoms with van der Waals surface area (Å²) in [5, 5.41) is 20.5. The number of carboxylic acids is 1. The standard InChI is InChI=1S/C17H15N5O3S/c1-22-15(11-5-7-18-8-6-11)20-21-17(22)26-10-14(23)19-13-4-2-3-12(9-13)16(24)25/h2-9H,10H2,1H3,(H,19,23)(H,24,25). The van der Waals surface area contributed by atoms with Gasteiger partial charge in [-0.25, -0.2) is 4.79 Å². The van der Waals surface area contributed by atoms with Crippen molar-refractivity contribution in [1.29, 1.82) is 0 Å². The predicted octanol–water partition coefficient (Wildman–Crippen LogP) is 2.31. The first-order chi connectivity index (χ1) is 12.5. The third-order valence-electron chi connectivity index (χ3n) is 3.50. The van der Waals surface area contributed by atoms with Crippen molar-refractivity contribution in [1.82, 2.24) is 19.7 Å². The molecule has 3 rings (SSSR count). The molecule has 26 heavy (non-hydrogen) atoms. The number of thioether (sulfide) groups is 1. The lowest BCUT2D eigenvalue weighted by Crippen LogP contribution is -2.15. The summed E-state index contributed by atoms with van der Waals surface area (Å²) in [4.78, 5) is 27.0. The number of carbonyl (C=O) groups is 2. The number of aromatic nitrogens is 4. The molecule has 0 spiro atoms. The van der Waals surface area contributed by atoms with Crippen LogP contribution in [0.2, 0.25) is 0 Å². The van der Waals surface area contributed by atoms with Gasteiger partial charge >= 0.3 is 5.97 Å². The lowest BCUT2D eigenvalue weighted by Gasteiger charge is -2.06. The number of carboxylic acid groups (broad SMARTS) is 1. The van der Waals surface area contributed by atoms with E-state index in [1.165, 1.54) is 23.9 Å². The molecule has 2 N–H and O–H groups in total. The summed E-state index contributed by atoms with van der Waals surface area (Å²) >= 11 is 1.25. The van der Waals surface area contributed by atoms with Gasteiger partial charge in [0.05, 0.1) is 11.3 Å². The molecule has 2 heterocycles. The number of carbonyl (C=O) groups excluding carboxylic acids is 1. The Balaban J connectivity index is 1.63. The number of rotatable bonds is 6. The maximum Gasteiger partial charge on any atom is 0.335 e. The van der Waals surface area contributed by atoms with Gasteiger partial charge in [0.2, 0.25) is 5.91 Å². The van der Waals surface area contributed by atoms with Crippen molar-refractivity contribution in [3.63, 3.8) is 0 Å². The molecule has 2 aromatic heterocycles. The molecule has 0 aliphatic rings. The van der Waals surface area contributed by atoms with E-state index in [2.05, 4.69) is 20.5 Å². The minimum absolute atomic E-state index is 0.116. The van der Waals surface area contributed by atoms with E-state index in [9.17, 15) is 9.59 Å². The van der Waals surface area contributed by atoms with Crippen LogP contribution >= 0.6 is 11.8 Å². The normalized spacial score (nSPS) is 10.5. The van der Waals surface area contributed by atoms with E-state index in [1.807, 2.05) is 19.2 Å². The molecule has 3 aromatic rings. The van der Waals surface area contributed by atoms with Gasteiger partial charge < -0.3 is 15.0 Å². The quantitative estimate of drug-likeness (QED) is 0.642. The van der Waals surface area contributed by atoms with E-state index in [-0.39, 0.29) is 17.2 Å². The number of anilines is 1. The molecule has 0 unspecified atom stereocenters. The fraction of sp³-hybridized carbons (Fsp3) is 0.118. The van der Waals surface area contributed by atoms with Crippen molar-refractivity contribution in [3.8, 4) is 11.4 Å². The largest absolute Gasteiger partial charge is 0.478 e. The van der Waals surface area contributed by atoms with Gasteiger partial charge in [-0.2, -0.15) is 0 Å². The first-order valence-electron chi connectivity index (χ1n) is 7.60. The van der Waals surface area contributed by atoms with Gasteiger partial charge in [0.1, 0.15) is 0 Å². The van der Waals surface area contributed by atoms with Crippen molar-refractivity contribution >= 4 is 29.3 Å². The molecule has 0 bridgehead atoms. The van der Waals surface area contributed by atoms with E-state index in [4.69, 9.17) is 5.11 Å². The van der Waals surface area contributed by atoms with E-state index in [1.54, 1.807) is 29.1 Å². The van der Waals surface area contributed by atoms with E-state index >= 15 is 0 Å². The molecule has 8 nitrogen and oxygen atoms in total. The summed E-state index contributed by atoms with van der Waals surface area (Å²) in [6.07, 6.45) is 3.35. The number of amides is 1. The van der Waals surface area contributed by atoms with Crippen LogP contribution in [-0.2, 0) is 11.8 Å². The fourth-order valence-corrected chi connectivity index (χ4v) is 2.96. The number of nitrogens with zero attached hydrogens (tertiary/aromatic N) is 4. The zero-order valence-electron chi connectivity index (χ0n) is 13.8. The smallest absolute Gasteiger partial charge is 0.335 e. The molecule has 9 heteroatoms. The average Bonchev–Trinajstić information content (AvgIpc) is 3.01. The second kappa shape index (κ2) is 7.79. The topological polar surface area (TPSA) is 110 Å². The second-order valence-corrected chi connectivity index (χ2v) is 6.27. The molecule has 0 saturated carbocycles. The first-order valence-corrected chi connectivity index (χ1v) is 8.59. The molecule has 0 aliphatic heterocycles. The Kier molecular flexibility index (Phi) is 5.28. The summed E-state index contributed by atoms with van der Waals surface area (Å²) in [6.45, 7) is 0. The summed E-state index contributed by atoms with van der Waals surface area (Å²) < 4.78 is 1.80. The lowest BCUT2D eigenvalue weighted by molar-refractivity contribution is -0.113. The van der Waals surface area contributed by atoms with Crippen LogP contribution in [0, 0.1) is 0 Å². The molecule has 1 amide bonds. The maximum atomic E-state index is 12.1. The van der Waals surface area contributed by atoms with Gasteiger partial charge in [-0.1, -0.05) is 17.8 Å². The van der Waals surface area contributed by atoms with Gasteiger partial charge in [0, 0.05) is 30.7 Å². The highest BCUT2D eigenvalue weighted by atomic mass is 32.2. The van der Waals surface area contributed by atoms with Crippen molar-refractivity contribution < 1.29 is 14.7 Å². The van der Waals surface area contributed by atoms with E-state index in [0.29, 0.717) is 16.7 Å². The average molecular weight is 369 g/mol. The van der Waals surface area contributed by atoms with Crippen LogP contribution in [0.3, 0.4) is 0 Å². The van der Waals surface area contributed by atoms with Crippen LogP contribution in [0.4, 0.5) is 5.69 Å². The Morgan fingerprint density at radius 1 is 1.19 bits per heavy atom. The Bertz CT molecular complexity index is 943. The first kappa shape index (κ1) is 17.6. The van der Waals surface area contributed by atoms with Gasteiger partial charge in [-0.15, -0.1) is 10.2 Å². The molecular weight excluding hydrogens is 354 g/mol. The SMILES string of the molecule is Cn1c(SCC(=O)Nc2cccc(C(=O)O)c2)nnc1-c1ccncc1. The van der Waals surface area contributed by atoms with Crippen LogP contribution in [-0.4, -0.2) is 42.5 Å². The monoisotopic (exact) mass is 369 g/mol. The predicted molar refractivity (Wildman–Crippen MR) is 97.0 cm³/mol. The third kappa shape index (κ3) is 4.06. The molecule has 0 radical (unpaired) electrons. The lowest BCUT2D eigenvalue weighted by atomic mass is 10.2. The minimum Gasteiger partial charge on any atom is -0.478 e. The zero-order valence-corrected chi connectivity index (χ0v) is 14.6. The van der Waals surface area contributed by atoms with Crippen molar-refractivity contribution in [2.24, 2.45) is 7.05 Å². The van der Waals surface area contributed by atoms with Crippen LogP contribution in [0.25, 0.3) is 11.4 Å². The maximum absolute atomic E-state index is 12.1. The molecule has 132 valence electrons. The molecule has 1 aromatic carbocycles. The zero-order chi connectivity index (χ0) is 18.5. The molecular formula is C17H15N5O3S. The Morgan fingerprint density at radius 3 is 2.69 bits per heavy atom. The minimum atomic E-state index is -1.04. The summed E-state index contributed by atoms with van der Waals surface area (Å²) in [5.74, 6) is -0.492. The summed E-state index contributed by atoms with van der Waals surface area (Å²) in [5.41, 5.74) is 1.44. The summed E-state index contributed by atoms with van der Waals surface area (Å²) in [6, 6.07) is 9.76. The molecule has 0 atom stereocenters. The number of nitrogens with one attached hydrogen (secondary N) is 1. The third-order valence-corrected chi connectivity index (χ3v) is 4.52. The van der Waals surface area contributed by atoms with Gasteiger partial charge in [0.25, 0.3) is 0 Å². The van der Waals surface area contributed by atoms with Crippen molar-refractivity contribution in [3.05, 3.63) is 54.4 Å². The highest BCUT2D eigenvalue weighted by Gasteiger charge is 2.13. The number of pyridine rings is 1. The fourth-order valence-electron chi connectivity index (χ4n) is 2.25. The Hall–Kier alpha value is -3.20. The van der Waals surface area contributed by atoms with Crippen LogP contribution in [0.5, 0.6) is 0 Å². The number of hydrogen-bond donors (Lipinski definition) is 2. The second-order valence-electron chi connectivity index (χ2n) is 5.32. The molecule has 0 saturated heterocycles. The highest BCUT2D eigenvalue weighted by Crippen LogP contribution is 2.22. The number of benzene rings is 1. The van der Waals surface area contributed by atoms with Gasteiger partial charge in [-0.05, 0) is 30.3 Å². The van der Waals surface area contributed by atoms with Gasteiger partial charge in [-0.3, -0.25) is 9.78 Å². The highest BCUT2D eigenvalue weighted by molar-refractivity contribution is 7.99. The molecule has 0 fully saturated rings. The van der Waals surface area contributed by atoms with Crippen LogP contribution in [0.1, 0.15) is 10.4 Å². The molecule has 0 aliphatic carbocycles. The Morgan fingerprint density at radius 2 is 1.96 bits per heavy atom. The summed E-state index contributed by atoms with van der Waals surface area (Å²) in [7, 11) is 1.83. The van der Waals surface area contributed by atoms with E-state index in [0.717, 1.165) is 5.56 Å². The van der Waals surface area contributed by atoms with Crippen molar-refractivity contribution in [2.75, 3.05) is 11.1 Å². The van der Waals surface area contributed by atoms with E-state index < -0.39 is 5.97 Å². The van der Waals surface area contributed by atoms with Crippen LogP contribution < -0.4 is 5.32 Å². The van der Waals surface area contributed by atoms with Crippen molar-refractivity contribution in [2.45, 2.75) is 5.16 Å². The Labute approximate surface area is 153 Å². The van der Waals surface area contributed by atoms with Gasteiger partial charge in [0.15, 0.2) is 11.0 Å². The number of hydrogen-bond acceptors (Lipinski definition) is 6. The number of aromatic carboxylic acids is 1.